The highest BCUT2D eigenvalue weighted by molar-refractivity contribution is 6.31. The van der Waals surface area contributed by atoms with E-state index in [0.717, 1.165) is 5.56 Å². The van der Waals surface area contributed by atoms with Crippen molar-refractivity contribution in [3.63, 3.8) is 0 Å². The molecule has 0 amide bonds. The third kappa shape index (κ3) is 3.00. The summed E-state index contributed by atoms with van der Waals surface area (Å²) in [4.78, 5) is 16.1. The second kappa shape index (κ2) is 6.07. The van der Waals surface area contributed by atoms with Gasteiger partial charge in [0.1, 0.15) is 5.75 Å². The van der Waals surface area contributed by atoms with Crippen molar-refractivity contribution >= 4 is 11.6 Å². The van der Waals surface area contributed by atoms with Crippen LogP contribution in [0.3, 0.4) is 0 Å². The first-order valence-corrected chi connectivity index (χ1v) is 6.64. The zero-order chi connectivity index (χ0) is 14.7. The molecular formula is C14H16ClN3O2. The molecular weight excluding hydrogens is 278 g/mol. The van der Waals surface area contributed by atoms with E-state index in [2.05, 4.69) is 4.98 Å². The molecule has 1 aromatic carbocycles. The van der Waals surface area contributed by atoms with Crippen LogP contribution in [0.2, 0.25) is 5.02 Å². The summed E-state index contributed by atoms with van der Waals surface area (Å²) in [6.45, 7) is 4.18. The third-order valence-electron chi connectivity index (χ3n) is 2.85. The van der Waals surface area contributed by atoms with Crippen LogP contribution in [0.25, 0.3) is 0 Å². The zero-order valence-electron chi connectivity index (χ0n) is 11.3. The molecule has 2 aromatic rings. The predicted molar refractivity (Wildman–Crippen MR) is 78.3 cm³/mol. The molecule has 0 aliphatic heterocycles. The molecule has 2 N–H and O–H groups in total. The Hall–Kier alpha value is -1.85. The third-order valence-corrected chi connectivity index (χ3v) is 3.20. The normalized spacial score (nSPS) is 10.8. The van der Waals surface area contributed by atoms with Crippen LogP contribution in [-0.2, 0) is 6.54 Å². The predicted octanol–water partition coefficient (Wildman–Crippen LogP) is 2.73. The van der Waals surface area contributed by atoms with Gasteiger partial charge >= 0.3 is 5.56 Å². The molecule has 0 saturated heterocycles. The van der Waals surface area contributed by atoms with Crippen LogP contribution in [0.4, 0.5) is 0 Å². The molecule has 0 aliphatic carbocycles. The summed E-state index contributed by atoms with van der Waals surface area (Å²) >= 11 is 6.05. The molecule has 20 heavy (non-hydrogen) atoms. The SMILES string of the molecule is CC(C)n1ccnc(Oc2ccc(CN)c(Cl)c2)c1=O. The Labute approximate surface area is 122 Å². The quantitative estimate of drug-likeness (QED) is 0.941. The number of nitrogens with two attached hydrogens (primary N) is 1. The number of rotatable bonds is 4. The summed E-state index contributed by atoms with van der Waals surface area (Å²) < 4.78 is 7.06. The van der Waals surface area contributed by atoms with Crippen molar-refractivity contribution in [2.45, 2.75) is 26.4 Å². The van der Waals surface area contributed by atoms with E-state index in [1.165, 1.54) is 6.20 Å². The van der Waals surface area contributed by atoms with Gasteiger partial charge in [-0.25, -0.2) is 4.98 Å². The number of nitrogens with zero attached hydrogens (tertiary/aromatic N) is 2. The Morgan fingerprint density at radius 1 is 1.45 bits per heavy atom. The first-order valence-electron chi connectivity index (χ1n) is 6.26. The standard InChI is InChI=1S/C14H16ClN3O2/c1-9(2)18-6-5-17-13(14(18)19)20-11-4-3-10(8-16)12(15)7-11/h3-7,9H,8,16H2,1-2H3. The minimum atomic E-state index is -0.276. The molecule has 0 unspecified atom stereocenters. The van der Waals surface area contributed by atoms with Gasteiger partial charge < -0.3 is 15.0 Å². The maximum Gasteiger partial charge on any atom is 0.313 e. The van der Waals surface area contributed by atoms with Crippen molar-refractivity contribution in [2.24, 2.45) is 5.73 Å². The highest BCUT2D eigenvalue weighted by Gasteiger charge is 2.10. The molecule has 5 nitrogen and oxygen atoms in total. The van der Waals surface area contributed by atoms with Crippen LogP contribution in [0, 0.1) is 0 Å². The van der Waals surface area contributed by atoms with E-state index < -0.39 is 0 Å². The number of aromatic nitrogens is 2. The molecule has 0 fully saturated rings. The number of hydrogen-bond acceptors (Lipinski definition) is 4. The van der Waals surface area contributed by atoms with Gasteiger partial charge in [0, 0.05) is 30.0 Å². The van der Waals surface area contributed by atoms with E-state index in [-0.39, 0.29) is 17.5 Å². The summed E-state index contributed by atoms with van der Waals surface area (Å²) in [6, 6.07) is 5.14. The van der Waals surface area contributed by atoms with Gasteiger partial charge in [-0.05, 0) is 31.5 Å². The highest BCUT2D eigenvalue weighted by Crippen LogP contribution is 2.24. The van der Waals surface area contributed by atoms with Crippen LogP contribution >= 0.6 is 11.6 Å². The van der Waals surface area contributed by atoms with E-state index in [9.17, 15) is 4.79 Å². The molecule has 0 bridgehead atoms. The molecule has 0 saturated carbocycles. The van der Waals surface area contributed by atoms with E-state index in [1.54, 1.807) is 29.0 Å². The maximum absolute atomic E-state index is 12.1. The second-order valence-electron chi connectivity index (χ2n) is 4.60. The topological polar surface area (TPSA) is 70.1 Å². The van der Waals surface area contributed by atoms with Gasteiger partial charge in [0.05, 0.1) is 0 Å². The number of halogens is 1. The molecule has 2 rings (SSSR count). The lowest BCUT2D eigenvalue weighted by molar-refractivity contribution is 0.437. The Balaban J connectivity index is 2.33. The first kappa shape index (κ1) is 14.6. The van der Waals surface area contributed by atoms with Crippen LogP contribution in [0.5, 0.6) is 11.6 Å². The lowest BCUT2D eigenvalue weighted by atomic mass is 10.2. The molecule has 1 aromatic heterocycles. The summed E-state index contributed by atoms with van der Waals surface area (Å²) in [5.74, 6) is 0.482. The van der Waals surface area contributed by atoms with E-state index in [0.29, 0.717) is 17.3 Å². The van der Waals surface area contributed by atoms with E-state index >= 15 is 0 Å². The van der Waals surface area contributed by atoms with Gasteiger partial charge in [0.25, 0.3) is 5.88 Å². The summed E-state index contributed by atoms with van der Waals surface area (Å²) in [5.41, 5.74) is 6.08. The van der Waals surface area contributed by atoms with Crippen molar-refractivity contribution in [2.75, 3.05) is 0 Å². The van der Waals surface area contributed by atoms with Crippen molar-refractivity contribution < 1.29 is 4.74 Å². The number of ether oxygens (including phenoxy) is 1. The molecule has 0 spiro atoms. The molecule has 6 heteroatoms. The molecule has 106 valence electrons. The van der Waals surface area contributed by atoms with Crippen LogP contribution in [0.15, 0.2) is 35.4 Å². The van der Waals surface area contributed by atoms with E-state index in [4.69, 9.17) is 22.1 Å². The Morgan fingerprint density at radius 2 is 2.20 bits per heavy atom. The summed E-state index contributed by atoms with van der Waals surface area (Å²) in [7, 11) is 0. The molecule has 0 radical (unpaired) electrons. The van der Waals surface area contributed by atoms with Gasteiger partial charge in [0.2, 0.25) is 0 Å². The first-order chi connectivity index (χ1) is 9.52. The lowest BCUT2D eigenvalue weighted by Gasteiger charge is -2.11. The molecule has 0 aliphatic rings. The van der Waals surface area contributed by atoms with Crippen molar-refractivity contribution in [1.82, 2.24) is 9.55 Å². The van der Waals surface area contributed by atoms with Gasteiger partial charge in [-0.15, -0.1) is 0 Å². The summed E-state index contributed by atoms with van der Waals surface area (Å²) in [5, 5.41) is 0.505. The van der Waals surface area contributed by atoms with Gasteiger partial charge in [-0.1, -0.05) is 17.7 Å². The van der Waals surface area contributed by atoms with E-state index in [1.807, 2.05) is 13.8 Å². The highest BCUT2D eigenvalue weighted by atomic mass is 35.5. The van der Waals surface area contributed by atoms with Crippen LogP contribution < -0.4 is 16.0 Å². The Morgan fingerprint density at radius 3 is 2.80 bits per heavy atom. The Bertz CT molecular complexity index is 668. The fraction of sp³-hybridized carbons (Fsp3) is 0.286. The van der Waals surface area contributed by atoms with Gasteiger partial charge in [0.15, 0.2) is 0 Å². The maximum atomic E-state index is 12.1. The smallest absolute Gasteiger partial charge is 0.313 e. The van der Waals surface area contributed by atoms with Gasteiger partial charge in [-0.2, -0.15) is 0 Å². The fourth-order valence-corrected chi connectivity index (χ4v) is 2.00. The molecule has 1 heterocycles. The second-order valence-corrected chi connectivity index (χ2v) is 5.01. The largest absolute Gasteiger partial charge is 0.435 e. The summed E-state index contributed by atoms with van der Waals surface area (Å²) in [6.07, 6.45) is 3.16. The fourth-order valence-electron chi connectivity index (χ4n) is 1.75. The average molecular weight is 294 g/mol. The van der Waals surface area contributed by atoms with Crippen molar-refractivity contribution in [3.05, 3.63) is 51.5 Å². The van der Waals surface area contributed by atoms with Gasteiger partial charge in [-0.3, -0.25) is 4.79 Å². The molecule has 0 atom stereocenters. The minimum Gasteiger partial charge on any atom is -0.435 e. The average Bonchev–Trinajstić information content (AvgIpc) is 2.41. The minimum absolute atomic E-state index is 0.0257. The Kier molecular flexibility index (Phi) is 4.42. The van der Waals surface area contributed by atoms with Crippen molar-refractivity contribution in [1.29, 1.82) is 0 Å². The number of hydrogen-bond donors (Lipinski definition) is 1. The van der Waals surface area contributed by atoms with Crippen LogP contribution in [0.1, 0.15) is 25.5 Å². The monoisotopic (exact) mass is 293 g/mol. The van der Waals surface area contributed by atoms with Crippen LogP contribution in [-0.4, -0.2) is 9.55 Å². The van der Waals surface area contributed by atoms with Crippen molar-refractivity contribution in [3.8, 4) is 11.6 Å². The number of benzene rings is 1. The lowest BCUT2D eigenvalue weighted by Crippen LogP contribution is -2.23. The zero-order valence-corrected chi connectivity index (χ0v) is 12.1.